The van der Waals surface area contributed by atoms with E-state index in [9.17, 15) is 18.0 Å². The van der Waals surface area contributed by atoms with E-state index in [1.54, 1.807) is 61.5 Å². The summed E-state index contributed by atoms with van der Waals surface area (Å²) in [5.41, 5.74) is 1.41. The zero-order valence-corrected chi connectivity index (χ0v) is 18.6. The standard InChI is InChI=1S/C23H21N3O6S/c1-15(26-19-11-4-6-13-21(19)32-23(26)28)22(27)24-16-8-7-9-17(14-16)33(29,30)25-18-10-3-5-12-20(18)31-2/h3-15,25H,1-2H3,(H,24,27)/t15-/m0/s1. The molecule has 1 heterocycles. The molecule has 33 heavy (non-hydrogen) atoms. The van der Waals surface area contributed by atoms with Gasteiger partial charge in [0.2, 0.25) is 5.91 Å². The molecule has 0 aliphatic rings. The number of aromatic nitrogens is 1. The Hall–Kier alpha value is -4.05. The lowest BCUT2D eigenvalue weighted by molar-refractivity contribution is -0.118. The Balaban J connectivity index is 1.57. The van der Waals surface area contributed by atoms with Crippen molar-refractivity contribution in [2.45, 2.75) is 17.9 Å². The number of carbonyl (C=O) groups is 1. The molecule has 1 atom stereocenters. The molecule has 4 aromatic rings. The third kappa shape index (κ3) is 4.46. The van der Waals surface area contributed by atoms with Gasteiger partial charge < -0.3 is 14.5 Å². The molecule has 0 aliphatic heterocycles. The number of hydrogen-bond donors (Lipinski definition) is 2. The Bertz CT molecular complexity index is 1490. The molecule has 3 aromatic carbocycles. The van der Waals surface area contributed by atoms with Gasteiger partial charge in [-0.15, -0.1) is 0 Å². The van der Waals surface area contributed by atoms with E-state index < -0.39 is 27.7 Å². The summed E-state index contributed by atoms with van der Waals surface area (Å²) in [5, 5.41) is 2.66. The molecule has 0 bridgehead atoms. The minimum Gasteiger partial charge on any atom is -0.495 e. The average molecular weight is 468 g/mol. The van der Waals surface area contributed by atoms with Crippen LogP contribution >= 0.6 is 0 Å². The molecule has 1 amide bonds. The largest absolute Gasteiger partial charge is 0.495 e. The number of anilines is 2. The highest BCUT2D eigenvalue weighted by Gasteiger charge is 2.22. The van der Waals surface area contributed by atoms with Crippen molar-refractivity contribution in [3.05, 3.63) is 83.3 Å². The van der Waals surface area contributed by atoms with Crippen molar-refractivity contribution in [1.82, 2.24) is 4.57 Å². The molecule has 0 saturated heterocycles. The first kappa shape index (κ1) is 22.2. The monoisotopic (exact) mass is 467 g/mol. The van der Waals surface area contributed by atoms with Gasteiger partial charge in [0.05, 0.1) is 23.2 Å². The molecular weight excluding hydrogens is 446 g/mol. The van der Waals surface area contributed by atoms with Gasteiger partial charge in [-0.3, -0.25) is 14.1 Å². The SMILES string of the molecule is COc1ccccc1NS(=O)(=O)c1cccc(NC(=O)[C@H](C)n2c(=O)oc3ccccc32)c1. The fourth-order valence-electron chi connectivity index (χ4n) is 3.39. The summed E-state index contributed by atoms with van der Waals surface area (Å²) < 4.78 is 39.9. The van der Waals surface area contributed by atoms with Crippen molar-refractivity contribution in [2.24, 2.45) is 0 Å². The molecule has 2 N–H and O–H groups in total. The number of nitrogens with zero attached hydrogens (tertiary/aromatic N) is 1. The molecule has 0 spiro atoms. The number of ether oxygens (including phenoxy) is 1. The Morgan fingerprint density at radius 1 is 1.03 bits per heavy atom. The summed E-state index contributed by atoms with van der Waals surface area (Å²) in [6.07, 6.45) is 0. The first-order chi connectivity index (χ1) is 15.8. The quantitative estimate of drug-likeness (QED) is 0.429. The van der Waals surface area contributed by atoms with Gasteiger partial charge in [0.1, 0.15) is 11.8 Å². The van der Waals surface area contributed by atoms with Crippen LogP contribution in [0.15, 0.2) is 86.9 Å². The van der Waals surface area contributed by atoms with Gasteiger partial charge in [-0.25, -0.2) is 13.2 Å². The van der Waals surface area contributed by atoms with Crippen molar-refractivity contribution < 1.29 is 22.4 Å². The molecular formula is C23H21N3O6S. The van der Waals surface area contributed by atoms with E-state index in [1.807, 2.05) is 0 Å². The number of hydrogen-bond acceptors (Lipinski definition) is 6. The number of nitrogens with one attached hydrogen (secondary N) is 2. The molecule has 1 aromatic heterocycles. The summed E-state index contributed by atoms with van der Waals surface area (Å²) in [5.74, 6) is -0.788. The zero-order valence-electron chi connectivity index (χ0n) is 17.8. The van der Waals surface area contributed by atoms with Gasteiger partial charge in [0.15, 0.2) is 5.58 Å². The molecule has 0 radical (unpaired) electrons. The molecule has 9 nitrogen and oxygen atoms in total. The molecule has 0 fully saturated rings. The third-order valence-electron chi connectivity index (χ3n) is 5.05. The number of fused-ring (bicyclic) bond motifs is 1. The van der Waals surface area contributed by atoms with Crippen molar-refractivity contribution in [3.8, 4) is 5.75 Å². The summed E-state index contributed by atoms with van der Waals surface area (Å²) >= 11 is 0. The number of carbonyl (C=O) groups excluding carboxylic acids is 1. The predicted molar refractivity (Wildman–Crippen MR) is 124 cm³/mol. The van der Waals surface area contributed by atoms with Gasteiger partial charge in [-0.05, 0) is 49.4 Å². The van der Waals surface area contributed by atoms with Crippen molar-refractivity contribution in [1.29, 1.82) is 0 Å². The van der Waals surface area contributed by atoms with Gasteiger partial charge >= 0.3 is 5.76 Å². The number of sulfonamides is 1. The van der Waals surface area contributed by atoms with E-state index >= 15 is 0 Å². The second-order valence-corrected chi connectivity index (χ2v) is 8.89. The predicted octanol–water partition coefficient (Wildman–Crippen LogP) is 3.60. The highest BCUT2D eigenvalue weighted by molar-refractivity contribution is 7.92. The van der Waals surface area contributed by atoms with Crippen molar-refractivity contribution in [3.63, 3.8) is 0 Å². The first-order valence-corrected chi connectivity index (χ1v) is 11.5. The summed E-state index contributed by atoms with van der Waals surface area (Å²) in [6.45, 7) is 1.56. The van der Waals surface area contributed by atoms with Crippen LogP contribution in [0.1, 0.15) is 13.0 Å². The number of amides is 1. The van der Waals surface area contributed by atoms with E-state index in [4.69, 9.17) is 9.15 Å². The van der Waals surface area contributed by atoms with Crippen LogP contribution in [0.25, 0.3) is 11.1 Å². The van der Waals surface area contributed by atoms with Crippen LogP contribution in [0.2, 0.25) is 0 Å². The topological polar surface area (TPSA) is 120 Å². The molecule has 10 heteroatoms. The van der Waals surface area contributed by atoms with Crippen LogP contribution < -0.4 is 20.5 Å². The maximum Gasteiger partial charge on any atom is 0.420 e. The smallest absolute Gasteiger partial charge is 0.420 e. The number of benzene rings is 3. The molecule has 4 rings (SSSR count). The maximum absolute atomic E-state index is 12.9. The number of rotatable bonds is 7. The third-order valence-corrected chi connectivity index (χ3v) is 6.41. The highest BCUT2D eigenvalue weighted by Crippen LogP contribution is 2.27. The van der Waals surface area contributed by atoms with E-state index in [0.717, 1.165) is 0 Å². The maximum atomic E-state index is 12.9. The zero-order chi connectivity index (χ0) is 23.6. The normalized spacial score (nSPS) is 12.3. The summed E-state index contributed by atoms with van der Waals surface area (Å²) in [4.78, 5) is 25.1. The van der Waals surface area contributed by atoms with Crippen LogP contribution in [0.4, 0.5) is 11.4 Å². The van der Waals surface area contributed by atoms with Crippen molar-refractivity contribution in [2.75, 3.05) is 17.1 Å². The second kappa shape index (κ2) is 8.83. The fraction of sp³-hybridized carbons (Fsp3) is 0.130. The summed E-state index contributed by atoms with van der Waals surface area (Å²) in [7, 11) is -2.51. The van der Waals surface area contributed by atoms with Crippen LogP contribution in [0, 0.1) is 0 Å². The molecule has 0 saturated carbocycles. The van der Waals surface area contributed by atoms with Gasteiger partial charge in [-0.1, -0.05) is 30.3 Å². The molecule has 0 aliphatic carbocycles. The molecule has 170 valence electrons. The van der Waals surface area contributed by atoms with Gasteiger partial charge in [0.25, 0.3) is 10.0 Å². The number of oxazole rings is 1. The lowest BCUT2D eigenvalue weighted by atomic mass is 10.2. The first-order valence-electron chi connectivity index (χ1n) is 9.97. The number of para-hydroxylation sites is 4. The Morgan fingerprint density at radius 3 is 2.55 bits per heavy atom. The van der Waals surface area contributed by atoms with Gasteiger partial charge in [0, 0.05) is 5.69 Å². The fourth-order valence-corrected chi connectivity index (χ4v) is 4.50. The van der Waals surface area contributed by atoms with Crippen LogP contribution in [0.3, 0.4) is 0 Å². The second-order valence-electron chi connectivity index (χ2n) is 7.20. The Labute approximate surface area is 189 Å². The highest BCUT2D eigenvalue weighted by atomic mass is 32.2. The minimum atomic E-state index is -3.95. The average Bonchev–Trinajstić information content (AvgIpc) is 3.14. The van der Waals surface area contributed by atoms with Crippen LogP contribution in [-0.2, 0) is 14.8 Å². The van der Waals surface area contributed by atoms with Gasteiger partial charge in [-0.2, -0.15) is 0 Å². The minimum absolute atomic E-state index is 0.0511. The van der Waals surface area contributed by atoms with E-state index in [1.165, 1.54) is 29.9 Å². The van der Waals surface area contributed by atoms with E-state index in [2.05, 4.69) is 10.0 Å². The van der Waals surface area contributed by atoms with Crippen LogP contribution in [0.5, 0.6) is 5.75 Å². The Morgan fingerprint density at radius 2 is 1.76 bits per heavy atom. The Kier molecular flexibility index (Phi) is 5.93. The van der Waals surface area contributed by atoms with E-state index in [0.29, 0.717) is 16.8 Å². The van der Waals surface area contributed by atoms with E-state index in [-0.39, 0.29) is 16.3 Å². The number of methoxy groups -OCH3 is 1. The van der Waals surface area contributed by atoms with Crippen LogP contribution in [-0.4, -0.2) is 26.0 Å². The lowest BCUT2D eigenvalue weighted by Crippen LogP contribution is -2.29. The molecule has 0 unspecified atom stereocenters. The lowest BCUT2D eigenvalue weighted by Gasteiger charge is -2.15. The summed E-state index contributed by atoms with van der Waals surface area (Å²) in [6, 6.07) is 18.3. The van der Waals surface area contributed by atoms with Crippen molar-refractivity contribution >= 4 is 38.4 Å².